The molecule has 0 bridgehead atoms. The fourth-order valence-corrected chi connectivity index (χ4v) is 3.76. The molecule has 0 atom stereocenters. The maximum Gasteiger partial charge on any atom is 0.335 e. The second-order valence-electron chi connectivity index (χ2n) is 7.12. The number of halogens is 1. The van der Waals surface area contributed by atoms with Gasteiger partial charge in [-0.2, -0.15) is 0 Å². The van der Waals surface area contributed by atoms with Crippen molar-refractivity contribution in [3.63, 3.8) is 0 Å². The van der Waals surface area contributed by atoms with E-state index in [1.165, 1.54) is 0 Å². The van der Waals surface area contributed by atoms with Gasteiger partial charge in [-0.3, -0.25) is 19.7 Å². The number of aromatic nitrogens is 2. The molecule has 3 rings (SSSR count). The molecule has 2 heterocycles. The number of aliphatic imine (C=N–C) groups is 1. The molecule has 1 saturated heterocycles. The Kier molecular flexibility index (Phi) is 7.47. The Morgan fingerprint density at radius 3 is 2.48 bits per heavy atom. The number of aromatic amines is 1. The Bertz CT molecular complexity index is 1090. The standard InChI is InChI=1S/C20H25ClN6O3S/c1-13(23-7-8-25-9-11-26(12-10-25)20(31)22-2)16-17(28)24-19(30)27(18(16)29)15-5-3-14(21)4-6-15/h3-6,29H,7-12H2,1-2H3,(H,22,31)(H,24,28,30). The average molecular weight is 465 g/mol. The molecule has 0 amide bonds. The third-order valence-electron chi connectivity index (χ3n) is 5.17. The highest BCUT2D eigenvalue weighted by Crippen LogP contribution is 2.19. The van der Waals surface area contributed by atoms with Crippen LogP contribution in [-0.2, 0) is 0 Å². The quantitative estimate of drug-likeness (QED) is 0.444. The lowest BCUT2D eigenvalue weighted by Gasteiger charge is -2.35. The van der Waals surface area contributed by atoms with Gasteiger partial charge in [0.25, 0.3) is 5.56 Å². The summed E-state index contributed by atoms with van der Waals surface area (Å²) in [6, 6.07) is 6.35. The van der Waals surface area contributed by atoms with Crippen LogP contribution in [0.15, 0.2) is 38.8 Å². The second-order valence-corrected chi connectivity index (χ2v) is 7.94. The van der Waals surface area contributed by atoms with Crippen molar-refractivity contribution < 1.29 is 5.11 Å². The van der Waals surface area contributed by atoms with Gasteiger partial charge < -0.3 is 15.3 Å². The molecule has 31 heavy (non-hydrogen) atoms. The molecule has 0 saturated carbocycles. The lowest BCUT2D eigenvalue weighted by atomic mass is 10.2. The number of aromatic hydroxyl groups is 1. The van der Waals surface area contributed by atoms with Gasteiger partial charge in [-0.05, 0) is 43.4 Å². The second kappa shape index (κ2) is 10.1. The van der Waals surface area contributed by atoms with Gasteiger partial charge in [-0.1, -0.05) is 11.6 Å². The van der Waals surface area contributed by atoms with Gasteiger partial charge in [0, 0.05) is 50.5 Å². The molecule has 9 nitrogen and oxygen atoms in total. The topological polar surface area (TPSA) is 106 Å². The van der Waals surface area contributed by atoms with Crippen molar-refractivity contribution >= 4 is 34.6 Å². The highest BCUT2D eigenvalue weighted by atomic mass is 35.5. The summed E-state index contributed by atoms with van der Waals surface area (Å²) in [5.74, 6) is -0.452. The van der Waals surface area contributed by atoms with Crippen LogP contribution in [0.5, 0.6) is 5.88 Å². The van der Waals surface area contributed by atoms with Crippen LogP contribution >= 0.6 is 23.8 Å². The Balaban J connectivity index is 1.73. The highest BCUT2D eigenvalue weighted by Gasteiger charge is 2.19. The molecule has 3 N–H and O–H groups in total. The number of H-pyrrole nitrogens is 1. The van der Waals surface area contributed by atoms with Crippen molar-refractivity contribution in [3.8, 4) is 11.6 Å². The lowest BCUT2D eigenvalue weighted by molar-refractivity contribution is 0.186. The van der Waals surface area contributed by atoms with Crippen molar-refractivity contribution in [1.29, 1.82) is 0 Å². The zero-order valence-corrected chi connectivity index (χ0v) is 19.0. The first-order valence-electron chi connectivity index (χ1n) is 9.86. The molecule has 1 aromatic heterocycles. The smallest absolute Gasteiger partial charge is 0.335 e. The van der Waals surface area contributed by atoms with E-state index in [0.29, 0.717) is 29.5 Å². The monoisotopic (exact) mass is 464 g/mol. The van der Waals surface area contributed by atoms with E-state index in [1.54, 1.807) is 31.2 Å². The molecule has 1 aliphatic heterocycles. The summed E-state index contributed by atoms with van der Waals surface area (Å²) in [5.41, 5.74) is -0.702. The molecular formula is C20H25ClN6O3S. The van der Waals surface area contributed by atoms with Crippen LogP contribution in [0.2, 0.25) is 5.02 Å². The number of hydrogen-bond donors (Lipinski definition) is 3. The molecule has 1 aromatic carbocycles. The SMILES string of the molecule is CNC(=S)N1CCN(CCN=C(C)c2c(O)n(-c3ccc(Cl)cc3)c(=O)[nH]c2=O)CC1. The molecule has 0 radical (unpaired) electrons. The fourth-order valence-electron chi connectivity index (χ4n) is 3.45. The highest BCUT2D eigenvalue weighted by molar-refractivity contribution is 7.80. The molecular weight excluding hydrogens is 440 g/mol. The molecule has 11 heteroatoms. The summed E-state index contributed by atoms with van der Waals surface area (Å²) < 4.78 is 1.02. The van der Waals surface area contributed by atoms with E-state index in [-0.39, 0.29) is 5.56 Å². The van der Waals surface area contributed by atoms with Crippen molar-refractivity contribution in [3.05, 3.63) is 55.7 Å². The summed E-state index contributed by atoms with van der Waals surface area (Å²) in [6.07, 6.45) is 0. The van der Waals surface area contributed by atoms with Gasteiger partial charge in [0.15, 0.2) is 5.11 Å². The first-order valence-corrected chi connectivity index (χ1v) is 10.6. The number of thiocarbonyl (C=S) groups is 1. The van der Waals surface area contributed by atoms with Crippen molar-refractivity contribution in [2.45, 2.75) is 6.92 Å². The van der Waals surface area contributed by atoms with E-state index in [2.05, 4.69) is 25.1 Å². The van der Waals surface area contributed by atoms with Crippen molar-refractivity contribution in [2.24, 2.45) is 4.99 Å². The van der Waals surface area contributed by atoms with Crippen LogP contribution in [0.1, 0.15) is 12.5 Å². The average Bonchev–Trinajstić information content (AvgIpc) is 2.74. The van der Waals surface area contributed by atoms with Crippen LogP contribution in [0.3, 0.4) is 0 Å². The minimum absolute atomic E-state index is 0.0289. The normalized spacial score (nSPS) is 15.2. The fraction of sp³-hybridized carbons (Fsp3) is 0.400. The molecule has 0 spiro atoms. The zero-order chi connectivity index (χ0) is 22.5. The summed E-state index contributed by atoms with van der Waals surface area (Å²) in [6.45, 7) is 6.23. The van der Waals surface area contributed by atoms with Gasteiger partial charge in [-0.15, -0.1) is 0 Å². The molecule has 2 aromatic rings. The van der Waals surface area contributed by atoms with Gasteiger partial charge in [0.05, 0.1) is 12.2 Å². The number of hydrogen-bond acceptors (Lipinski definition) is 6. The van der Waals surface area contributed by atoms with E-state index in [0.717, 1.165) is 35.9 Å². The van der Waals surface area contributed by atoms with Crippen LogP contribution in [0.25, 0.3) is 5.69 Å². The first kappa shape index (κ1) is 23.0. The maximum atomic E-state index is 12.4. The number of benzene rings is 1. The summed E-state index contributed by atoms with van der Waals surface area (Å²) in [4.78, 5) is 35.8. The predicted molar refractivity (Wildman–Crippen MR) is 126 cm³/mol. The number of nitrogens with zero attached hydrogens (tertiary/aromatic N) is 4. The summed E-state index contributed by atoms with van der Waals surface area (Å²) in [7, 11) is 1.82. The maximum absolute atomic E-state index is 12.4. The summed E-state index contributed by atoms with van der Waals surface area (Å²) in [5, 5.41) is 14.9. The van der Waals surface area contributed by atoms with Gasteiger partial charge in [0.1, 0.15) is 5.56 Å². The Morgan fingerprint density at radius 1 is 1.23 bits per heavy atom. The minimum atomic E-state index is -0.737. The van der Waals surface area contributed by atoms with Crippen LogP contribution in [0, 0.1) is 0 Å². The Morgan fingerprint density at radius 2 is 1.87 bits per heavy atom. The van der Waals surface area contributed by atoms with Crippen molar-refractivity contribution in [1.82, 2.24) is 24.7 Å². The third-order valence-corrected chi connectivity index (χ3v) is 5.89. The largest absolute Gasteiger partial charge is 0.493 e. The van der Waals surface area contributed by atoms with Crippen LogP contribution < -0.4 is 16.6 Å². The Hall–Kier alpha value is -2.69. The van der Waals surface area contributed by atoms with E-state index in [1.807, 2.05) is 7.05 Å². The molecule has 1 fully saturated rings. The number of nitrogens with one attached hydrogen (secondary N) is 2. The van der Waals surface area contributed by atoms with Crippen LogP contribution in [-0.4, -0.2) is 81.6 Å². The van der Waals surface area contributed by atoms with Gasteiger partial charge in [-0.25, -0.2) is 9.36 Å². The lowest BCUT2D eigenvalue weighted by Crippen LogP contribution is -2.51. The number of rotatable bonds is 5. The first-order chi connectivity index (χ1) is 14.8. The minimum Gasteiger partial charge on any atom is -0.493 e. The van der Waals surface area contributed by atoms with Gasteiger partial charge >= 0.3 is 5.69 Å². The molecule has 166 valence electrons. The molecule has 0 unspecified atom stereocenters. The van der Waals surface area contributed by atoms with E-state index in [9.17, 15) is 14.7 Å². The number of piperazine rings is 1. The van der Waals surface area contributed by atoms with E-state index in [4.69, 9.17) is 23.8 Å². The van der Waals surface area contributed by atoms with E-state index < -0.39 is 17.1 Å². The Labute approximate surface area is 190 Å². The van der Waals surface area contributed by atoms with E-state index >= 15 is 0 Å². The van der Waals surface area contributed by atoms with Crippen molar-refractivity contribution in [2.75, 3.05) is 46.3 Å². The summed E-state index contributed by atoms with van der Waals surface area (Å²) >= 11 is 11.2. The predicted octanol–water partition coefficient (Wildman–Crippen LogP) is 0.816. The van der Waals surface area contributed by atoms with Crippen LogP contribution in [0.4, 0.5) is 0 Å². The van der Waals surface area contributed by atoms with Gasteiger partial charge in [0.2, 0.25) is 5.88 Å². The third kappa shape index (κ3) is 5.33. The zero-order valence-electron chi connectivity index (χ0n) is 17.4. The molecule has 0 aliphatic carbocycles. The molecule has 1 aliphatic rings.